The summed E-state index contributed by atoms with van der Waals surface area (Å²) in [6, 6.07) is 13.3. The minimum Gasteiger partial charge on any atom is -0.346 e. The Morgan fingerprint density at radius 2 is 1.57 bits per heavy atom. The number of halogens is 3. The molecule has 2 aromatic carbocycles. The zero-order valence-electron chi connectivity index (χ0n) is 11.3. The van der Waals surface area contributed by atoms with Crippen LogP contribution < -0.4 is 5.32 Å². The minimum atomic E-state index is -4.40. The molecule has 2 nitrogen and oxygen atoms in total. The molecule has 5 heteroatoms. The van der Waals surface area contributed by atoms with Gasteiger partial charge in [-0.05, 0) is 36.8 Å². The van der Waals surface area contributed by atoms with Crippen molar-refractivity contribution in [1.29, 1.82) is 0 Å². The van der Waals surface area contributed by atoms with E-state index in [0.717, 1.165) is 17.7 Å². The minimum absolute atomic E-state index is 0.200. The van der Waals surface area contributed by atoms with E-state index < -0.39 is 17.6 Å². The first-order valence-corrected chi connectivity index (χ1v) is 6.41. The fraction of sp³-hybridized carbons (Fsp3) is 0.188. The van der Waals surface area contributed by atoms with Crippen molar-refractivity contribution in [2.45, 2.75) is 19.1 Å². The van der Waals surface area contributed by atoms with Crippen LogP contribution in [0.4, 0.5) is 13.2 Å². The van der Waals surface area contributed by atoms with E-state index in [4.69, 9.17) is 0 Å². The first-order chi connectivity index (χ1) is 9.88. The van der Waals surface area contributed by atoms with Crippen molar-refractivity contribution in [3.8, 4) is 0 Å². The van der Waals surface area contributed by atoms with Crippen LogP contribution in [0.1, 0.15) is 34.5 Å². The molecule has 1 N–H and O–H groups in total. The lowest BCUT2D eigenvalue weighted by molar-refractivity contribution is -0.137. The molecule has 2 aromatic rings. The maximum Gasteiger partial charge on any atom is 0.416 e. The van der Waals surface area contributed by atoms with Crippen LogP contribution in [0.5, 0.6) is 0 Å². The van der Waals surface area contributed by atoms with Gasteiger partial charge in [0.25, 0.3) is 5.91 Å². The van der Waals surface area contributed by atoms with Gasteiger partial charge in [-0.15, -0.1) is 0 Å². The lowest BCUT2D eigenvalue weighted by Gasteiger charge is -2.14. The fourth-order valence-electron chi connectivity index (χ4n) is 1.92. The average molecular weight is 293 g/mol. The molecule has 0 aliphatic carbocycles. The Labute approximate surface area is 120 Å². The van der Waals surface area contributed by atoms with Crippen LogP contribution in [-0.2, 0) is 6.18 Å². The van der Waals surface area contributed by atoms with Crippen molar-refractivity contribution in [3.05, 3.63) is 71.3 Å². The summed E-state index contributed by atoms with van der Waals surface area (Å²) in [6.07, 6.45) is -4.40. The van der Waals surface area contributed by atoms with Crippen molar-refractivity contribution in [2.75, 3.05) is 0 Å². The quantitative estimate of drug-likeness (QED) is 0.903. The van der Waals surface area contributed by atoms with Gasteiger partial charge in [0, 0.05) is 5.56 Å². The molecule has 1 amide bonds. The van der Waals surface area contributed by atoms with Crippen LogP contribution in [-0.4, -0.2) is 5.91 Å². The highest BCUT2D eigenvalue weighted by molar-refractivity contribution is 5.94. The summed E-state index contributed by atoms with van der Waals surface area (Å²) in [7, 11) is 0. The van der Waals surface area contributed by atoms with Crippen molar-refractivity contribution in [3.63, 3.8) is 0 Å². The van der Waals surface area contributed by atoms with E-state index in [1.165, 1.54) is 12.1 Å². The summed E-state index contributed by atoms with van der Waals surface area (Å²) in [4.78, 5) is 12.0. The van der Waals surface area contributed by atoms with Crippen molar-refractivity contribution in [1.82, 2.24) is 5.32 Å². The molecule has 0 saturated carbocycles. The molecule has 0 radical (unpaired) electrons. The zero-order valence-corrected chi connectivity index (χ0v) is 11.3. The maximum absolute atomic E-state index is 12.5. The topological polar surface area (TPSA) is 29.1 Å². The number of benzene rings is 2. The van der Waals surface area contributed by atoms with E-state index >= 15 is 0 Å². The van der Waals surface area contributed by atoms with Crippen LogP contribution in [0.25, 0.3) is 0 Å². The zero-order chi connectivity index (χ0) is 15.5. The van der Waals surface area contributed by atoms with E-state index in [-0.39, 0.29) is 11.6 Å². The normalized spacial score (nSPS) is 12.8. The van der Waals surface area contributed by atoms with Crippen LogP contribution in [0, 0.1) is 0 Å². The standard InChI is InChI=1S/C16H14F3NO/c1-11(12-5-3-2-4-6-12)20-15(21)13-7-9-14(10-8-13)16(17,18)19/h2-11H,1H3,(H,20,21)/t11-/m0/s1. The van der Waals surface area contributed by atoms with E-state index in [0.29, 0.717) is 0 Å². The Hall–Kier alpha value is -2.30. The van der Waals surface area contributed by atoms with Crippen LogP contribution in [0.15, 0.2) is 54.6 Å². The molecule has 2 rings (SSSR count). The van der Waals surface area contributed by atoms with Gasteiger partial charge in [0.15, 0.2) is 0 Å². The Balaban J connectivity index is 2.07. The largest absolute Gasteiger partial charge is 0.416 e. The van der Waals surface area contributed by atoms with Gasteiger partial charge in [-0.3, -0.25) is 4.79 Å². The van der Waals surface area contributed by atoms with Crippen LogP contribution in [0.3, 0.4) is 0 Å². The Morgan fingerprint density at radius 1 is 1.00 bits per heavy atom. The summed E-state index contributed by atoms with van der Waals surface area (Å²) in [5.41, 5.74) is 0.360. The average Bonchev–Trinajstić information content (AvgIpc) is 2.47. The molecule has 21 heavy (non-hydrogen) atoms. The molecule has 0 fully saturated rings. The number of amides is 1. The molecule has 110 valence electrons. The molecule has 0 unspecified atom stereocenters. The van der Waals surface area contributed by atoms with Crippen LogP contribution >= 0.6 is 0 Å². The predicted molar refractivity (Wildman–Crippen MR) is 73.8 cm³/mol. The van der Waals surface area contributed by atoms with E-state index in [1.54, 1.807) is 0 Å². The predicted octanol–water partition coefficient (Wildman–Crippen LogP) is 4.20. The highest BCUT2D eigenvalue weighted by Crippen LogP contribution is 2.29. The third-order valence-corrected chi connectivity index (χ3v) is 3.12. The lowest BCUT2D eigenvalue weighted by atomic mass is 10.1. The van der Waals surface area contributed by atoms with Gasteiger partial charge in [-0.1, -0.05) is 30.3 Å². The molecule has 0 aliphatic rings. The Kier molecular flexibility index (Phi) is 4.31. The number of nitrogens with one attached hydrogen (secondary N) is 1. The Bertz CT molecular complexity index is 606. The molecule has 1 atom stereocenters. The SMILES string of the molecule is C[C@H](NC(=O)c1ccc(C(F)(F)F)cc1)c1ccccc1. The van der Waals surface area contributed by atoms with E-state index in [9.17, 15) is 18.0 Å². The third-order valence-electron chi connectivity index (χ3n) is 3.12. The maximum atomic E-state index is 12.5. The number of hydrogen-bond acceptors (Lipinski definition) is 1. The van der Waals surface area contributed by atoms with Gasteiger partial charge in [-0.2, -0.15) is 13.2 Å². The number of carbonyl (C=O) groups excluding carboxylic acids is 1. The highest BCUT2D eigenvalue weighted by Gasteiger charge is 2.30. The summed E-state index contributed by atoms with van der Waals surface area (Å²) in [5, 5.41) is 2.75. The van der Waals surface area contributed by atoms with Crippen LogP contribution in [0.2, 0.25) is 0 Å². The number of alkyl halides is 3. The van der Waals surface area contributed by atoms with Gasteiger partial charge in [0.05, 0.1) is 11.6 Å². The third kappa shape index (κ3) is 3.84. The first-order valence-electron chi connectivity index (χ1n) is 6.41. The second-order valence-electron chi connectivity index (χ2n) is 4.68. The van der Waals surface area contributed by atoms with Gasteiger partial charge in [0.2, 0.25) is 0 Å². The molecule has 0 heterocycles. The van der Waals surface area contributed by atoms with Gasteiger partial charge in [-0.25, -0.2) is 0 Å². The summed E-state index contributed by atoms with van der Waals surface area (Å²) < 4.78 is 37.4. The molecular weight excluding hydrogens is 279 g/mol. The molecule has 0 aromatic heterocycles. The summed E-state index contributed by atoms with van der Waals surface area (Å²) >= 11 is 0. The fourth-order valence-corrected chi connectivity index (χ4v) is 1.92. The number of hydrogen-bond donors (Lipinski definition) is 1. The number of rotatable bonds is 3. The van der Waals surface area contributed by atoms with Crippen molar-refractivity contribution >= 4 is 5.91 Å². The molecule has 0 bridgehead atoms. The summed E-state index contributed by atoms with van der Waals surface area (Å²) in [6.45, 7) is 1.82. The first kappa shape index (κ1) is 15.1. The van der Waals surface area contributed by atoms with Crippen molar-refractivity contribution in [2.24, 2.45) is 0 Å². The van der Waals surface area contributed by atoms with E-state index in [2.05, 4.69) is 5.32 Å². The van der Waals surface area contributed by atoms with Gasteiger partial charge >= 0.3 is 6.18 Å². The smallest absolute Gasteiger partial charge is 0.346 e. The molecular formula is C16H14F3NO. The Morgan fingerprint density at radius 3 is 2.10 bits per heavy atom. The highest BCUT2D eigenvalue weighted by atomic mass is 19.4. The summed E-state index contributed by atoms with van der Waals surface area (Å²) in [5.74, 6) is -0.403. The molecule has 0 aliphatic heterocycles. The second-order valence-corrected chi connectivity index (χ2v) is 4.68. The monoisotopic (exact) mass is 293 g/mol. The molecule has 0 saturated heterocycles. The van der Waals surface area contributed by atoms with E-state index in [1.807, 2.05) is 37.3 Å². The number of carbonyl (C=O) groups is 1. The lowest BCUT2D eigenvalue weighted by Crippen LogP contribution is -2.26. The van der Waals surface area contributed by atoms with Gasteiger partial charge < -0.3 is 5.32 Å². The van der Waals surface area contributed by atoms with Gasteiger partial charge in [0.1, 0.15) is 0 Å². The second kappa shape index (κ2) is 5.99. The molecule has 0 spiro atoms. The van der Waals surface area contributed by atoms with Crippen molar-refractivity contribution < 1.29 is 18.0 Å².